The molecule has 0 saturated heterocycles. The van der Waals surface area contributed by atoms with E-state index in [9.17, 15) is 0 Å². The normalized spacial score (nSPS) is 14.0. The van der Waals surface area contributed by atoms with Crippen LogP contribution in [0.25, 0.3) is 0 Å². The van der Waals surface area contributed by atoms with E-state index < -0.39 is 0 Å². The Balaban J connectivity index is 2.06. The second-order valence-electron chi connectivity index (χ2n) is 4.22. The van der Waals surface area contributed by atoms with Crippen LogP contribution in [-0.4, -0.2) is 13.1 Å². The van der Waals surface area contributed by atoms with Crippen molar-refractivity contribution in [2.75, 3.05) is 23.3 Å². The summed E-state index contributed by atoms with van der Waals surface area (Å²) in [4.78, 5) is 2.28. The van der Waals surface area contributed by atoms with Crippen LogP contribution in [0.2, 0.25) is 5.02 Å². The molecule has 0 bridgehead atoms. The summed E-state index contributed by atoms with van der Waals surface area (Å²) in [5.74, 6) is 0. The molecule has 18 heavy (non-hydrogen) atoms. The molecular formula is C14H12BrClN2. The SMILES string of the molecule is Clc1cccc(N2CCNc3cc(Br)ccc32)c1. The fourth-order valence-corrected chi connectivity index (χ4v) is 2.77. The summed E-state index contributed by atoms with van der Waals surface area (Å²) in [5, 5.41) is 4.18. The molecule has 92 valence electrons. The molecule has 0 unspecified atom stereocenters. The lowest BCUT2D eigenvalue weighted by molar-refractivity contribution is 0.926. The second-order valence-corrected chi connectivity index (χ2v) is 5.57. The smallest absolute Gasteiger partial charge is 0.0647 e. The van der Waals surface area contributed by atoms with Crippen molar-refractivity contribution < 1.29 is 0 Å². The minimum atomic E-state index is 0.768. The Hall–Kier alpha value is -1.19. The highest BCUT2D eigenvalue weighted by Gasteiger charge is 2.17. The number of benzene rings is 2. The van der Waals surface area contributed by atoms with E-state index >= 15 is 0 Å². The Kier molecular flexibility index (Phi) is 3.18. The maximum atomic E-state index is 6.07. The lowest BCUT2D eigenvalue weighted by Crippen LogP contribution is -2.30. The molecule has 4 heteroatoms. The van der Waals surface area contributed by atoms with Crippen molar-refractivity contribution in [2.24, 2.45) is 0 Å². The Labute approximate surface area is 120 Å². The predicted molar refractivity (Wildman–Crippen MR) is 81.1 cm³/mol. The summed E-state index contributed by atoms with van der Waals surface area (Å²) in [5.41, 5.74) is 3.47. The van der Waals surface area contributed by atoms with E-state index in [1.165, 1.54) is 5.69 Å². The van der Waals surface area contributed by atoms with E-state index in [2.05, 4.69) is 50.4 Å². The van der Waals surface area contributed by atoms with Crippen LogP contribution >= 0.6 is 27.5 Å². The van der Waals surface area contributed by atoms with Crippen LogP contribution < -0.4 is 10.2 Å². The molecule has 0 fully saturated rings. The van der Waals surface area contributed by atoms with Gasteiger partial charge in [-0.15, -0.1) is 0 Å². The highest BCUT2D eigenvalue weighted by Crippen LogP contribution is 2.36. The number of halogens is 2. The molecule has 2 nitrogen and oxygen atoms in total. The maximum Gasteiger partial charge on any atom is 0.0647 e. The molecule has 0 aliphatic carbocycles. The molecule has 0 amide bonds. The molecular weight excluding hydrogens is 312 g/mol. The molecule has 0 saturated carbocycles. The first-order valence-corrected chi connectivity index (χ1v) is 6.98. The van der Waals surface area contributed by atoms with Gasteiger partial charge in [0.2, 0.25) is 0 Å². The van der Waals surface area contributed by atoms with E-state index in [4.69, 9.17) is 11.6 Å². The third kappa shape index (κ3) is 2.20. The molecule has 1 heterocycles. The van der Waals surface area contributed by atoms with Crippen molar-refractivity contribution in [3.05, 3.63) is 52.0 Å². The predicted octanol–water partition coefficient (Wildman–Crippen LogP) is 4.67. The van der Waals surface area contributed by atoms with Crippen LogP contribution in [0.3, 0.4) is 0 Å². The molecule has 1 aliphatic rings. The van der Waals surface area contributed by atoms with Gasteiger partial charge < -0.3 is 10.2 Å². The Bertz CT molecular complexity index is 586. The third-order valence-corrected chi connectivity index (χ3v) is 3.75. The van der Waals surface area contributed by atoms with Crippen molar-refractivity contribution in [1.82, 2.24) is 0 Å². The van der Waals surface area contributed by atoms with E-state index in [0.717, 1.165) is 34.0 Å². The molecule has 0 spiro atoms. The second kappa shape index (κ2) is 4.82. The number of fused-ring (bicyclic) bond motifs is 1. The van der Waals surface area contributed by atoms with Crippen LogP contribution in [0.5, 0.6) is 0 Å². The number of nitrogens with zero attached hydrogens (tertiary/aromatic N) is 1. The zero-order valence-corrected chi connectivity index (χ0v) is 12.0. The summed E-state index contributed by atoms with van der Waals surface area (Å²) in [6.07, 6.45) is 0. The Morgan fingerprint density at radius 2 is 2.06 bits per heavy atom. The van der Waals surface area contributed by atoms with Gasteiger partial charge in [0.15, 0.2) is 0 Å². The Morgan fingerprint density at radius 3 is 2.89 bits per heavy atom. The molecule has 1 N–H and O–H groups in total. The van der Waals surface area contributed by atoms with Gasteiger partial charge >= 0.3 is 0 Å². The topological polar surface area (TPSA) is 15.3 Å². The van der Waals surface area contributed by atoms with E-state index in [-0.39, 0.29) is 0 Å². The summed E-state index contributed by atoms with van der Waals surface area (Å²) in [6.45, 7) is 1.87. The van der Waals surface area contributed by atoms with E-state index in [1.807, 2.05) is 18.2 Å². The van der Waals surface area contributed by atoms with E-state index in [0.29, 0.717) is 0 Å². The van der Waals surface area contributed by atoms with Gasteiger partial charge in [-0.25, -0.2) is 0 Å². The lowest BCUT2D eigenvalue weighted by Gasteiger charge is -2.32. The van der Waals surface area contributed by atoms with Gasteiger partial charge in [-0.05, 0) is 36.4 Å². The van der Waals surface area contributed by atoms with E-state index in [1.54, 1.807) is 0 Å². The average molecular weight is 324 g/mol. The van der Waals surface area contributed by atoms with Crippen LogP contribution in [0.1, 0.15) is 0 Å². The number of hydrogen-bond acceptors (Lipinski definition) is 2. The summed E-state index contributed by atoms with van der Waals surface area (Å²) in [6, 6.07) is 14.2. The molecule has 2 aromatic rings. The molecule has 0 atom stereocenters. The van der Waals surface area contributed by atoms with Gasteiger partial charge in [-0.2, -0.15) is 0 Å². The standard InChI is InChI=1S/C14H12BrClN2/c15-10-4-5-14-13(8-10)17-6-7-18(14)12-3-1-2-11(16)9-12/h1-5,8-9,17H,6-7H2. The summed E-state index contributed by atoms with van der Waals surface area (Å²) < 4.78 is 1.08. The Morgan fingerprint density at radius 1 is 1.17 bits per heavy atom. The molecule has 1 aliphatic heterocycles. The van der Waals surface area contributed by atoms with Crippen LogP contribution in [0.4, 0.5) is 17.1 Å². The van der Waals surface area contributed by atoms with Crippen molar-refractivity contribution in [3.8, 4) is 0 Å². The summed E-state index contributed by atoms with van der Waals surface area (Å²) in [7, 11) is 0. The van der Waals surface area contributed by atoms with Crippen molar-refractivity contribution in [1.29, 1.82) is 0 Å². The fourth-order valence-electron chi connectivity index (χ4n) is 2.22. The number of hydrogen-bond donors (Lipinski definition) is 1. The van der Waals surface area contributed by atoms with Gasteiger partial charge in [0.25, 0.3) is 0 Å². The first-order valence-electron chi connectivity index (χ1n) is 5.80. The average Bonchev–Trinajstić information content (AvgIpc) is 2.37. The highest BCUT2D eigenvalue weighted by molar-refractivity contribution is 9.10. The molecule has 2 aromatic carbocycles. The quantitative estimate of drug-likeness (QED) is 0.820. The monoisotopic (exact) mass is 322 g/mol. The largest absolute Gasteiger partial charge is 0.382 e. The number of nitrogens with one attached hydrogen (secondary N) is 1. The van der Waals surface area contributed by atoms with Gasteiger partial charge in [0.1, 0.15) is 0 Å². The highest BCUT2D eigenvalue weighted by atomic mass is 79.9. The molecule has 3 rings (SSSR count). The first-order chi connectivity index (χ1) is 8.74. The molecule has 0 aromatic heterocycles. The fraction of sp³-hybridized carbons (Fsp3) is 0.143. The summed E-state index contributed by atoms with van der Waals surface area (Å²) >= 11 is 9.57. The zero-order chi connectivity index (χ0) is 12.5. The van der Waals surface area contributed by atoms with Crippen LogP contribution in [0.15, 0.2) is 46.9 Å². The van der Waals surface area contributed by atoms with Crippen LogP contribution in [0, 0.1) is 0 Å². The minimum Gasteiger partial charge on any atom is -0.382 e. The first kappa shape index (κ1) is 11.9. The van der Waals surface area contributed by atoms with Crippen molar-refractivity contribution >= 4 is 44.6 Å². The van der Waals surface area contributed by atoms with Gasteiger partial charge in [0.05, 0.1) is 11.4 Å². The third-order valence-electron chi connectivity index (χ3n) is 3.02. The maximum absolute atomic E-state index is 6.07. The van der Waals surface area contributed by atoms with Gasteiger partial charge in [-0.1, -0.05) is 33.6 Å². The number of anilines is 3. The van der Waals surface area contributed by atoms with Crippen molar-refractivity contribution in [2.45, 2.75) is 0 Å². The minimum absolute atomic E-state index is 0.768. The van der Waals surface area contributed by atoms with Crippen molar-refractivity contribution in [3.63, 3.8) is 0 Å². The number of rotatable bonds is 1. The lowest BCUT2D eigenvalue weighted by atomic mass is 10.1. The van der Waals surface area contributed by atoms with Crippen LogP contribution in [-0.2, 0) is 0 Å². The zero-order valence-electron chi connectivity index (χ0n) is 9.66. The molecule has 0 radical (unpaired) electrons. The van der Waals surface area contributed by atoms with Gasteiger partial charge in [0, 0.05) is 28.3 Å². The van der Waals surface area contributed by atoms with Gasteiger partial charge in [-0.3, -0.25) is 0 Å².